The largest absolute Gasteiger partial charge is 0.458 e. The maximum absolute atomic E-state index is 12.9. The molecular formula is C25H31N3O7S. The van der Waals surface area contributed by atoms with Gasteiger partial charge in [-0.05, 0) is 69.7 Å². The number of hydrogen-bond acceptors (Lipinski definition) is 7. The topological polar surface area (TPSA) is 145 Å². The van der Waals surface area contributed by atoms with Gasteiger partial charge in [-0.1, -0.05) is 30.3 Å². The summed E-state index contributed by atoms with van der Waals surface area (Å²) in [6.45, 7) is 6.43. The highest BCUT2D eigenvalue weighted by Gasteiger charge is 2.32. The Bertz CT molecular complexity index is 1270. The third kappa shape index (κ3) is 6.88. The average molecular weight is 518 g/mol. The van der Waals surface area contributed by atoms with Gasteiger partial charge in [0.15, 0.2) is 4.90 Å². The summed E-state index contributed by atoms with van der Waals surface area (Å²) in [4.78, 5) is 35.8. The van der Waals surface area contributed by atoms with Gasteiger partial charge in [-0.2, -0.15) is 4.72 Å². The van der Waals surface area contributed by atoms with Gasteiger partial charge >= 0.3 is 5.97 Å². The van der Waals surface area contributed by atoms with Crippen LogP contribution in [0.1, 0.15) is 50.8 Å². The summed E-state index contributed by atoms with van der Waals surface area (Å²) < 4.78 is 33.2. The lowest BCUT2D eigenvalue weighted by atomic mass is 10.0. The van der Waals surface area contributed by atoms with E-state index in [2.05, 4.69) is 10.0 Å². The van der Waals surface area contributed by atoms with E-state index >= 15 is 0 Å². The molecular weight excluding hydrogens is 486 g/mol. The minimum atomic E-state index is -4.40. The molecule has 0 saturated carbocycles. The van der Waals surface area contributed by atoms with Crippen molar-refractivity contribution in [2.75, 3.05) is 0 Å². The molecule has 1 aliphatic rings. The lowest BCUT2D eigenvalue weighted by Crippen LogP contribution is -2.52. The fourth-order valence-corrected chi connectivity index (χ4v) is 5.41. The Balaban J connectivity index is 1.78. The van der Waals surface area contributed by atoms with Crippen LogP contribution in [0.25, 0.3) is 0 Å². The number of esters is 1. The Morgan fingerprint density at radius 1 is 1.11 bits per heavy atom. The van der Waals surface area contributed by atoms with Gasteiger partial charge < -0.3 is 10.1 Å². The molecule has 2 N–H and O–H groups in total. The van der Waals surface area contributed by atoms with E-state index in [1.807, 2.05) is 18.2 Å². The van der Waals surface area contributed by atoms with Crippen LogP contribution >= 0.6 is 0 Å². The predicted octanol–water partition coefficient (Wildman–Crippen LogP) is 2.82. The fourth-order valence-electron chi connectivity index (χ4n) is 4.04. The SMILES string of the molecule is C[C@H](NS(=O)(=O)c1ccccc1[N+](=O)[O-])C(=O)N[C@@H](Cc1ccc2c(c1)CCC2)C(=O)OC(C)(C)C. The van der Waals surface area contributed by atoms with Crippen LogP contribution in [0, 0.1) is 10.1 Å². The summed E-state index contributed by atoms with van der Waals surface area (Å²) in [5.41, 5.74) is 1.93. The number of nitro benzene ring substituents is 1. The molecule has 0 unspecified atom stereocenters. The van der Waals surface area contributed by atoms with Crippen LogP contribution in [0.3, 0.4) is 0 Å². The lowest BCUT2D eigenvalue weighted by Gasteiger charge is -2.26. The highest BCUT2D eigenvalue weighted by Crippen LogP contribution is 2.24. The molecule has 2 atom stereocenters. The van der Waals surface area contributed by atoms with E-state index in [0.717, 1.165) is 37.0 Å². The molecule has 0 bridgehead atoms. The standard InChI is InChI=1S/C25H31N3O7S/c1-16(27-36(33,34)22-11-6-5-10-21(22)28(31)32)23(29)26-20(24(30)35-25(2,3)4)15-17-12-13-18-8-7-9-19(18)14-17/h5-6,10-14,16,20,27H,7-9,15H2,1-4H3,(H,26,29)/t16-,20-/m0/s1. The first-order valence-corrected chi connectivity index (χ1v) is 13.1. The van der Waals surface area contributed by atoms with Crippen LogP contribution in [0.2, 0.25) is 0 Å². The molecule has 3 rings (SSSR count). The summed E-state index contributed by atoms with van der Waals surface area (Å²) >= 11 is 0. The number of carbonyl (C=O) groups excluding carboxylic acids is 2. The smallest absolute Gasteiger partial charge is 0.329 e. The van der Waals surface area contributed by atoms with Crippen molar-refractivity contribution in [2.45, 2.75) is 76.0 Å². The number of carbonyl (C=O) groups is 2. The quantitative estimate of drug-likeness (QED) is 0.296. The molecule has 11 heteroatoms. The van der Waals surface area contributed by atoms with Crippen LogP contribution in [-0.2, 0) is 43.6 Å². The van der Waals surface area contributed by atoms with E-state index in [0.29, 0.717) is 0 Å². The number of nitro groups is 1. The van der Waals surface area contributed by atoms with E-state index in [-0.39, 0.29) is 6.42 Å². The number of amides is 1. The van der Waals surface area contributed by atoms with Gasteiger partial charge in [-0.3, -0.25) is 14.9 Å². The zero-order chi connectivity index (χ0) is 26.7. The Hall–Kier alpha value is -3.31. The molecule has 2 aromatic rings. The van der Waals surface area contributed by atoms with Gasteiger partial charge in [0.25, 0.3) is 5.69 Å². The summed E-state index contributed by atoms with van der Waals surface area (Å²) in [6.07, 6.45) is 3.20. The maximum Gasteiger partial charge on any atom is 0.329 e. The van der Waals surface area contributed by atoms with Crippen molar-refractivity contribution in [3.8, 4) is 0 Å². The Kier molecular flexibility index (Phi) is 8.15. The van der Waals surface area contributed by atoms with Crippen LogP contribution in [-0.4, -0.2) is 42.9 Å². The van der Waals surface area contributed by atoms with Gasteiger partial charge in [-0.15, -0.1) is 0 Å². The lowest BCUT2D eigenvalue weighted by molar-refractivity contribution is -0.387. The third-order valence-electron chi connectivity index (χ3n) is 5.69. The van der Waals surface area contributed by atoms with E-state index in [4.69, 9.17) is 4.74 Å². The molecule has 194 valence electrons. The highest BCUT2D eigenvalue weighted by atomic mass is 32.2. The second-order valence-corrected chi connectivity index (χ2v) is 11.5. The fraction of sp³-hybridized carbons (Fsp3) is 0.440. The molecule has 0 aromatic heterocycles. The Morgan fingerprint density at radius 3 is 2.44 bits per heavy atom. The van der Waals surface area contributed by atoms with Gasteiger partial charge in [0.1, 0.15) is 11.6 Å². The summed E-state index contributed by atoms with van der Waals surface area (Å²) in [5.74, 6) is -1.42. The predicted molar refractivity (Wildman–Crippen MR) is 133 cm³/mol. The second kappa shape index (κ2) is 10.8. The van der Waals surface area contributed by atoms with Gasteiger partial charge in [0, 0.05) is 12.5 Å². The van der Waals surface area contributed by atoms with E-state index < -0.39 is 55.1 Å². The molecule has 1 amide bonds. The zero-order valence-electron chi connectivity index (χ0n) is 20.7. The molecule has 1 aliphatic carbocycles. The van der Waals surface area contributed by atoms with Gasteiger partial charge in [-0.25, -0.2) is 13.2 Å². The number of aryl methyl sites for hydroxylation is 2. The Labute approximate surface area is 210 Å². The summed E-state index contributed by atoms with van der Waals surface area (Å²) in [7, 11) is -4.40. The Morgan fingerprint density at radius 2 is 1.78 bits per heavy atom. The van der Waals surface area contributed by atoms with Gasteiger partial charge in [0.2, 0.25) is 15.9 Å². The van der Waals surface area contributed by atoms with Crippen LogP contribution in [0.5, 0.6) is 0 Å². The molecule has 10 nitrogen and oxygen atoms in total. The molecule has 36 heavy (non-hydrogen) atoms. The summed E-state index contributed by atoms with van der Waals surface area (Å²) in [6, 6.07) is 8.42. The number of nitrogens with one attached hydrogen (secondary N) is 2. The normalized spacial score (nSPS) is 15.0. The maximum atomic E-state index is 12.9. The third-order valence-corrected chi connectivity index (χ3v) is 7.28. The minimum absolute atomic E-state index is 0.164. The molecule has 0 fully saturated rings. The number of para-hydroxylation sites is 1. The van der Waals surface area contributed by atoms with E-state index in [1.165, 1.54) is 30.2 Å². The van der Waals surface area contributed by atoms with Gasteiger partial charge in [0.05, 0.1) is 11.0 Å². The van der Waals surface area contributed by atoms with Crippen molar-refractivity contribution >= 4 is 27.6 Å². The molecule has 0 radical (unpaired) electrons. The first-order chi connectivity index (χ1) is 16.8. The number of ether oxygens (including phenoxy) is 1. The number of benzene rings is 2. The van der Waals surface area contributed by atoms with Crippen molar-refractivity contribution in [3.63, 3.8) is 0 Å². The van der Waals surface area contributed by atoms with E-state index in [1.54, 1.807) is 20.8 Å². The van der Waals surface area contributed by atoms with Crippen molar-refractivity contribution in [1.29, 1.82) is 0 Å². The number of fused-ring (bicyclic) bond motifs is 1. The molecule has 0 saturated heterocycles. The summed E-state index contributed by atoms with van der Waals surface area (Å²) in [5, 5.41) is 13.8. The molecule has 0 heterocycles. The monoisotopic (exact) mass is 517 g/mol. The van der Waals surface area contributed by atoms with E-state index in [9.17, 15) is 28.1 Å². The number of sulfonamides is 1. The van der Waals surface area contributed by atoms with Crippen LogP contribution < -0.4 is 10.0 Å². The zero-order valence-corrected chi connectivity index (χ0v) is 21.6. The van der Waals surface area contributed by atoms with Crippen molar-refractivity contribution in [3.05, 3.63) is 69.3 Å². The van der Waals surface area contributed by atoms with Crippen LogP contribution in [0.4, 0.5) is 5.69 Å². The number of hydrogen-bond donors (Lipinski definition) is 2. The van der Waals surface area contributed by atoms with Crippen molar-refractivity contribution < 1.29 is 27.7 Å². The van der Waals surface area contributed by atoms with Crippen LogP contribution in [0.15, 0.2) is 47.4 Å². The number of nitrogens with zero attached hydrogens (tertiary/aromatic N) is 1. The van der Waals surface area contributed by atoms with Crippen molar-refractivity contribution in [1.82, 2.24) is 10.0 Å². The average Bonchev–Trinajstić information content (AvgIpc) is 3.25. The molecule has 0 spiro atoms. The second-order valence-electron chi connectivity index (χ2n) is 9.82. The number of rotatable bonds is 9. The highest BCUT2D eigenvalue weighted by molar-refractivity contribution is 7.89. The first-order valence-electron chi connectivity index (χ1n) is 11.7. The molecule has 0 aliphatic heterocycles. The molecule has 2 aromatic carbocycles. The minimum Gasteiger partial charge on any atom is -0.458 e. The van der Waals surface area contributed by atoms with Crippen molar-refractivity contribution in [2.24, 2.45) is 0 Å². The first kappa shape index (κ1) is 27.3.